The fourth-order valence-corrected chi connectivity index (χ4v) is 2.46. The van der Waals surface area contributed by atoms with Gasteiger partial charge in [-0.25, -0.2) is 4.98 Å². The SMILES string of the molecule is O=C(/C=C/c1ccc(Cl)cc1)Nc1ccccc1C(=O)Nc1ccccn1. The molecule has 6 heteroatoms. The summed E-state index contributed by atoms with van der Waals surface area (Å²) in [4.78, 5) is 28.8. The van der Waals surface area contributed by atoms with Crippen molar-refractivity contribution in [1.82, 2.24) is 4.98 Å². The summed E-state index contributed by atoms with van der Waals surface area (Å²) in [5, 5.41) is 6.06. The quantitative estimate of drug-likeness (QED) is 0.636. The van der Waals surface area contributed by atoms with Crippen LogP contribution in [0.4, 0.5) is 11.5 Å². The molecule has 3 aromatic rings. The summed E-state index contributed by atoms with van der Waals surface area (Å²) in [7, 11) is 0. The van der Waals surface area contributed by atoms with E-state index in [1.54, 1.807) is 79.0 Å². The van der Waals surface area contributed by atoms with Crippen LogP contribution in [0.25, 0.3) is 6.08 Å². The molecule has 0 spiro atoms. The average Bonchev–Trinajstić information content (AvgIpc) is 2.69. The van der Waals surface area contributed by atoms with E-state index < -0.39 is 0 Å². The van der Waals surface area contributed by atoms with E-state index in [1.807, 2.05) is 0 Å². The Morgan fingerprint density at radius 1 is 0.889 bits per heavy atom. The first-order valence-corrected chi connectivity index (χ1v) is 8.56. The molecule has 0 atom stereocenters. The van der Waals surface area contributed by atoms with Crippen molar-refractivity contribution in [3.05, 3.63) is 95.2 Å². The lowest BCUT2D eigenvalue weighted by molar-refractivity contribution is -0.111. The number of amides is 2. The maximum Gasteiger partial charge on any atom is 0.258 e. The van der Waals surface area contributed by atoms with Crippen molar-refractivity contribution in [2.45, 2.75) is 0 Å². The Kier molecular flexibility index (Phi) is 5.97. The van der Waals surface area contributed by atoms with Crippen molar-refractivity contribution in [2.75, 3.05) is 10.6 Å². The third-order valence-corrected chi connectivity index (χ3v) is 3.89. The summed E-state index contributed by atoms with van der Waals surface area (Å²) >= 11 is 5.84. The van der Waals surface area contributed by atoms with Crippen LogP contribution in [0.1, 0.15) is 15.9 Å². The lowest BCUT2D eigenvalue weighted by Gasteiger charge is -2.10. The van der Waals surface area contributed by atoms with E-state index >= 15 is 0 Å². The Balaban J connectivity index is 1.70. The van der Waals surface area contributed by atoms with Crippen molar-refractivity contribution in [3.8, 4) is 0 Å². The highest BCUT2D eigenvalue weighted by molar-refractivity contribution is 6.30. The maximum absolute atomic E-state index is 12.5. The molecule has 5 nitrogen and oxygen atoms in total. The van der Waals surface area contributed by atoms with Crippen molar-refractivity contribution in [2.24, 2.45) is 0 Å². The van der Waals surface area contributed by atoms with Crippen LogP contribution >= 0.6 is 11.6 Å². The van der Waals surface area contributed by atoms with E-state index in [1.165, 1.54) is 6.08 Å². The predicted octanol–water partition coefficient (Wildman–Crippen LogP) is 4.64. The largest absolute Gasteiger partial charge is 0.322 e. The van der Waals surface area contributed by atoms with Gasteiger partial charge in [0.2, 0.25) is 5.91 Å². The van der Waals surface area contributed by atoms with Crippen molar-refractivity contribution in [1.29, 1.82) is 0 Å². The third kappa shape index (κ3) is 5.26. The number of para-hydroxylation sites is 1. The van der Waals surface area contributed by atoms with E-state index in [0.29, 0.717) is 22.1 Å². The molecule has 0 aliphatic heterocycles. The lowest BCUT2D eigenvalue weighted by atomic mass is 10.1. The van der Waals surface area contributed by atoms with Crippen LogP contribution in [0.3, 0.4) is 0 Å². The molecule has 1 heterocycles. The number of nitrogens with zero attached hydrogens (tertiary/aromatic N) is 1. The van der Waals surface area contributed by atoms with Gasteiger partial charge in [-0.15, -0.1) is 0 Å². The first-order valence-electron chi connectivity index (χ1n) is 8.18. The van der Waals surface area contributed by atoms with Crippen molar-refractivity contribution in [3.63, 3.8) is 0 Å². The number of carbonyl (C=O) groups is 2. The number of aromatic nitrogens is 1. The van der Waals surface area contributed by atoms with Gasteiger partial charge in [0.1, 0.15) is 5.82 Å². The minimum absolute atomic E-state index is 0.344. The monoisotopic (exact) mass is 377 g/mol. The fourth-order valence-electron chi connectivity index (χ4n) is 2.33. The molecule has 134 valence electrons. The second-order valence-electron chi connectivity index (χ2n) is 5.59. The fraction of sp³-hybridized carbons (Fsp3) is 0. The van der Waals surface area contributed by atoms with Gasteiger partial charge in [0.05, 0.1) is 11.3 Å². The molecular formula is C21H16ClN3O2. The molecule has 0 saturated heterocycles. The molecule has 3 rings (SSSR count). The Hall–Kier alpha value is -3.44. The van der Waals surface area contributed by atoms with Crippen molar-refractivity contribution < 1.29 is 9.59 Å². The summed E-state index contributed by atoms with van der Waals surface area (Å²) < 4.78 is 0. The molecule has 2 amide bonds. The summed E-state index contributed by atoms with van der Waals surface area (Å²) in [5.41, 5.74) is 1.60. The third-order valence-electron chi connectivity index (χ3n) is 3.63. The molecular weight excluding hydrogens is 362 g/mol. The Morgan fingerprint density at radius 2 is 1.63 bits per heavy atom. The van der Waals surface area contributed by atoms with E-state index in [2.05, 4.69) is 15.6 Å². The minimum atomic E-state index is -0.355. The molecule has 0 unspecified atom stereocenters. The van der Waals surface area contributed by atoms with Gasteiger partial charge in [-0.05, 0) is 48.0 Å². The highest BCUT2D eigenvalue weighted by Crippen LogP contribution is 2.17. The maximum atomic E-state index is 12.5. The van der Waals surface area contributed by atoms with Gasteiger partial charge in [-0.3, -0.25) is 9.59 Å². The van der Waals surface area contributed by atoms with Gasteiger partial charge >= 0.3 is 0 Å². The highest BCUT2D eigenvalue weighted by Gasteiger charge is 2.12. The van der Waals surface area contributed by atoms with Crippen LogP contribution in [0, 0.1) is 0 Å². The zero-order chi connectivity index (χ0) is 19.1. The van der Waals surface area contributed by atoms with Gasteiger partial charge in [-0.1, -0.05) is 41.9 Å². The number of halogens is 1. The van der Waals surface area contributed by atoms with Crippen LogP contribution in [0.2, 0.25) is 5.02 Å². The lowest BCUT2D eigenvalue weighted by Crippen LogP contribution is -2.17. The van der Waals surface area contributed by atoms with E-state index in [9.17, 15) is 9.59 Å². The summed E-state index contributed by atoms with van der Waals surface area (Å²) in [5.74, 6) is -0.263. The molecule has 0 saturated carbocycles. The summed E-state index contributed by atoms with van der Waals surface area (Å²) in [6.45, 7) is 0. The standard InChI is InChI=1S/C21H16ClN3O2/c22-16-11-8-15(9-12-16)10-13-20(26)24-18-6-2-1-5-17(18)21(27)25-19-7-3-4-14-23-19/h1-14H,(H,24,26)(H,23,25,27)/b13-10+. The predicted molar refractivity (Wildman–Crippen MR) is 108 cm³/mol. The van der Waals surface area contributed by atoms with Crippen LogP contribution in [-0.4, -0.2) is 16.8 Å². The molecule has 2 N–H and O–H groups in total. The first-order chi connectivity index (χ1) is 13.1. The molecule has 1 aromatic heterocycles. The molecule has 0 aliphatic carbocycles. The number of anilines is 2. The molecule has 2 aromatic carbocycles. The molecule has 0 aliphatic rings. The first kappa shape index (κ1) is 18.4. The molecule has 0 bridgehead atoms. The number of pyridine rings is 1. The van der Waals surface area contributed by atoms with Gasteiger partial charge in [0.15, 0.2) is 0 Å². The van der Waals surface area contributed by atoms with Crippen LogP contribution in [0.5, 0.6) is 0 Å². The Morgan fingerprint density at radius 3 is 2.37 bits per heavy atom. The van der Waals surface area contributed by atoms with E-state index in [-0.39, 0.29) is 11.8 Å². The number of carbonyl (C=O) groups excluding carboxylic acids is 2. The van der Waals surface area contributed by atoms with Crippen LogP contribution < -0.4 is 10.6 Å². The molecule has 0 fully saturated rings. The summed E-state index contributed by atoms with van der Waals surface area (Å²) in [6, 6.07) is 19.1. The zero-order valence-electron chi connectivity index (χ0n) is 14.2. The molecule has 27 heavy (non-hydrogen) atoms. The number of rotatable bonds is 5. The topological polar surface area (TPSA) is 71.1 Å². The second-order valence-corrected chi connectivity index (χ2v) is 6.03. The van der Waals surface area contributed by atoms with Gasteiger partial charge in [0, 0.05) is 17.3 Å². The van der Waals surface area contributed by atoms with Gasteiger partial charge in [0.25, 0.3) is 5.91 Å². The Bertz CT molecular complexity index is 970. The smallest absolute Gasteiger partial charge is 0.258 e. The Labute approximate surface area is 161 Å². The number of benzene rings is 2. The number of hydrogen-bond donors (Lipinski definition) is 2. The van der Waals surface area contributed by atoms with E-state index in [0.717, 1.165) is 5.56 Å². The van der Waals surface area contributed by atoms with Gasteiger partial charge < -0.3 is 10.6 Å². The normalized spacial score (nSPS) is 10.6. The molecule has 0 radical (unpaired) electrons. The van der Waals surface area contributed by atoms with Gasteiger partial charge in [-0.2, -0.15) is 0 Å². The average molecular weight is 378 g/mol. The van der Waals surface area contributed by atoms with Crippen LogP contribution in [0.15, 0.2) is 79.0 Å². The van der Waals surface area contributed by atoms with E-state index in [4.69, 9.17) is 11.6 Å². The summed E-state index contributed by atoms with van der Waals surface area (Å²) in [6.07, 6.45) is 4.66. The number of hydrogen-bond acceptors (Lipinski definition) is 3. The number of nitrogens with one attached hydrogen (secondary N) is 2. The van der Waals surface area contributed by atoms with Crippen molar-refractivity contribution >= 4 is 41.0 Å². The minimum Gasteiger partial charge on any atom is -0.322 e. The second kappa shape index (κ2) is 8.78. The highest BCUT2D eigenvalue weighted by atomic mass is 35.5. The van der Waals surface area contributed by atoms with Crippen LogP contribution in [-0.2, 0) is 4.79 Å². The zero-order valence-corrected chi connectivity index (χ0v) is 15.0.